The van der Waals surface area contributed by atoms with Gasteiger partial charge in [-0.1, -0.05) is 12.1 Å². The molecule has 9 nitrogen and oxygen atoms in total. The second-order valence-electron chi connectivity index (χ2n) is 9.56. The number of anilines is 2. The predicted molar refractivity (Wildman–Crippen MR) is 138 cm³/mol. The number of Topliss-reactive ketones (excluding diaryl/α,β-unsaturated/α-hetero) is 1. The molecule has 3 atom stereocenters. The van der Waals surface area contributed by atoms with Crippen molar-refractivity contribution in [2.75, 3.05) is 76.8 Å². The first-order valence-corrected chi connectivity index (χ1v) is 12.8. The monoisotopic (exact) mass is 512 g/mol. The molecule has 3 unspecified atom stereocenters. The first kappa shape index (κ1) is 26.1. The lowest BCUT2D eigenvalue weighted by molar-refractivity contribution is -0.176. The molecule has 5 rings (SSSR count). The number of rotatable bonds is 16. The Bertz CT molecular complexity index is 1020. The highest BCUT2D eigenvalue weighted by atomic mass is 16.7. The summed E-state index contributed by atoms with van der Waals surface area (Å²) in [6, 6.07) is 15.2. The van der Waals surface area contributed by atoms with Crippen molar-refractivity contribution in [3.05, 3.63) is 59.7 Å². The number of ether oxygens (including phenoxy) is 6. The molecule has 37 heavy (non-hydrogen) atoms. The number of hydrogen-bond acceptors (Lipinski definition) is 9. The average Bonchev–Trinajstić information content (AvgIpc) is 3.77. The summed E-state index contributed by atoms with van der Waals surface area (Å²) in [4.78, 5) is 18.1. The van der Waals surface area contributed by atoms with Gasteiger partial charge in [0.25, 0.3) is 5.79 Å². The Hall–Kier alpha value is -2.53. The first-order chi connectivity index (χ1) is 18.1. The Kier molecular flexibility index (Phi) is 8.09. The van der Waals surface area contributed by atoms with Crippen LogP contribution in [0.15, 0.2) is 48.5 Å². The molecule has 3 aliphatic heterocycles. The molecule has 2 aromatic rings. The quantitative estimate of drug-likeness (QED) is 0.191. The van der Waals surface area contributed by atoms with Crippen LogP contribution in [0.1, 0.15) is 22.8 Å². The molecule has 0 radical (unpaired) electrons. The van der Waals surface area contributed by atoms with E-state index in [1.807, 2.05) is 43.3 Å². The minimum atomic E-state index is -1.56. The van der Waals surface area contributed by atoms with E-state index in [9.17, 15) is 4.79 Å². The number of ketones is 1. The molecule has 0 bridgehead atoms. The van der Waals surface area contributed by atoms with Crippen molar-refractivity contribution in [2.45, 2.75) is 31.0 Å². The number of nitrogens with zero attached hydrogens (tertiary/aromatic N) is 2. The highest BCUT2D eigenvalue weighted by molar-refractivity contribution is 6.02. The van der Waals surface area contributed by atoms with Gasteiger partial charge in [0.15, 0.2) is 0 Å². The van der Waals surface area contributed by atoms with Crippen LogP contribution in [0.3, 0.4) is 0 Å². The number of hydrogen-bond donors (Lipinski definition) is 0. The maximum absolute atomic E-state index is 13.7. The van der Waals surface area contributed by atoms with Crippen LogP contribution >= 0.6 is 0 Å². The van der Waals surface area contributed by atoms with Crippen LogP contribution in [-0.4, -0.2) is 91.1 Å². The van der Waals surface area contributed by atoms with Gasteiger partial charge >= 0.3 is 0 Å². The highest BCUT2D eigenvalue weighted by Crippen LogP contribution is 2.33. The summed E-state index contributed by atoms with van der Waals surface area (Å²) in [6.45, 7) is 7.79. The maximum atomic E-state index is 13.7. The second kappa shape index (κ2) is 11.5. The Morgan fingerprint density at radius 3 is 1.73 bits per heavy atom. The Labute approximate surface area is 218 Å². The van der Waals surface area contributed by atoms with Crippen LogP contribution < -0.4 is 9.80 Å². The number of benzene rings is 2. The number of methoxy groups -OCH3 is 2. The number of carbonyl (C=O) groups is 1. The minimum Gasteiger partial charge on any atom is -0.371 e. The highest BCUT2D eigenvalue weighted by Gasteiger charge is 2.42. The van der Waals surface area contributed by atoms with Gasteiger partial charge < -0.3 is 38.2 Å². The third-order valence-corrected chi connectivity index (χ3v) is 6.91. The van der Waals surface area contributed by atoms with Crippen molar-refractivity contribution in [2.24, 2.45) is 0 Å². The zero-order valence-electron chi connectivity index (χ0n) is 21.8. The molecule has 3 aliphatic rings. The van der Waals surface area contributed by atoms with Crippen molar-refractivity contribution >= 4 is 17.2 Å². The van der Waals surface area contributed by atoms with E-state index in [2.05, 4.69) is 9.80 Å². The lowest BCUT2D eigenvalue weighted by Gasteiger charge is -2.31. The molecule has 3 heterocycles. The molecule has 9 heteroatoms. The van der Waals surface area contributed by atoms with Gasteiger partial charge in [0.1, 0.15) is 6.73 Å². The van der Waals surface area contributed by atoms with Crippen LogP contribution in [0, 0.1) is 0 Å². The lowest BCUT2D eigenvalue weighted by atomic mass is 9.95. The van der Waals surface area contributed by atoms with Gasteiger partial charge in [0.2, 0.25) is 5.78 Å². The lowest BCUT2D eigenvalue weighted by Crippen LogP contribution is -2.40. The van der Waals surface area contributed by atoms with E-state index in [1.165, 1.54) is 14.2 Å². The number of epoxide rings is 3. The molecule has 0 spiro atoms. The molecule has 3 fully saturated rings. The third kappa shape index (κ3) is 6.31. The smallest absolute Gasteiger partial charge is 0.260 e. The molecule has 0 amide bonds. The van der Waals surface area contributed by atoms with Crippen molar-refractivity contribution in [3.8, 4) is 0 Å². The fraction of sp³-hybridized carbons (Fsp3) is 0.536. The van der Waals surface area contributed by atoms with Crippen molar-refractivity contribution in [1.29, 1.82) is 0 Å². The largest absolute Gasteiger partial charge is 0.371 e. The molecule has 200 valence electrons. The van der Waals surface area contributed by atoms with Gasteiger partial charge in [-0.3, -0.25) is 4.79 Å². The molecule has 0 aromatic heterocycles. The van der Waals surface area contributed by atoms with Gasteiger partial charge in [-0.15, -0.1) is 0 Å². The van der Waals surface area contributed by atoms with Gasteiger partial charge in [-0.2, -0.15) is 0 Å². The Morgan fingerprint density at radius 2 is 1.27 bits per heavy atom. The predicted octanol–water partition coefficient (Wildman–Crippen LogP) is 2.82. The fourth-order valence-electron chi connectivity index (χ4n) is 4.52. The van der Waals surface area contributed by atoms with E-state index in [0.29, 0.717) is 24.5 Å². The first-order valence-electron chi connectivity index (χ1n) is 12.8. The van der Waals surface area contributed by atoms with Crippen LogP contribution in [0.2, 0.25) is 0 Å². The van der Waals surface area contributed by atoms with Gasteiger partial charge in [-0.05, 0) is 43.3 Å². The normalized spacial score (nSPS) is 22.0. The summed E-state index contributed by atoms with van der Waals surface area (Å²) < 4.78 is 33.4. The van der Waals surface area contributed by atoms with Gasteiger partial charge in [-0.25, -0.2) is 0 Å². The van der Waals surface area contributed by atoms with Crippen molar-refractivity contribution in [3.63, 3.8) is 0 Å². The van der Waals surface area contributed by atoms with Gasteiger partial charge in [0.05, 0.1) is 38.1 Å². The summed E-state index contributed by atoms with van der Waals surface area (Å²) in [5.74, 6) is -1.83. The summed E-state index contributed by atoms with van der Waals surface area (Å²) in [5.41, 5.74) is 3.13. The van der Waals surface area contributed by atoms with Crippen LogP contribution in [-0.2, 0) is 34.2 Å². The van der Waals surface area contributed by atoms with Crippen molar-refractivity contribution in [1.82, 2.24) is 0 Å². The van der Waals surface area contributed by atoms with E-state index in [1.54, 1.807) is 12.1 Å². The second-order valence-corrected chi connectivity index (χ2v) is 9.56. The summed E-state index contributed by atoms with van der Waals surface area (Å²) in [6.07, 6.45) is 0.756. The van der Waals surface area contributed by atoms with Crippen LogP contribution in [0.4, 0.5) is 11.4 Å². The maximum Gasteiger partial charge on any atom is 0.260 e. The molecule has 0 N–H and O–H groups in total. The zero-order valence-corrected chi connectivity index (χ0v) is 21.8. The van der Waals surface area contributed by atoms with E-state index in [0.717, 1.165) is 50.8 Å². The van der Waals surface area contributed by atoms with Crippen LogP contribution in [0.25, 0.3) is 0 Å². The molecular formula is C28H36N2O7. The summed E-state index contributed by atoms with van der Waals surface area (Å²) in [7, 11) is 2.98. The fourth-order valence-corrected chi connectivity index (χ4v) is 4.52. The standard InChI is InChI=1S/C28H36N2O7/c1-4-34-19-30(15-26-18-37-26)23-9-5-20(6-10-23)27(31)28(32-2,33-3)21-7-11-22(12-8-21)29(13-24-16-35-24)14-25-17-36-25/h5-12,24-26H,4,13-19H2,1-3H3. The van der Waals surface area contributed by atoms with Crippen LogP contribution in [0.5, 0.6) is 0 Å². The van der Waals surface area contributed by atoms with E-state index < -0.39 is 5.79 Å². The molecular weight excluding hydrogens is 476 g/mol. The topological polar surface area (TPSA) is 88.8 Å². The molecule has 3 saturated heterocycles. The molecule has 0 aliphatic carbocycles. The SMILES string of the molecule is CCOCN(CC1CO1)c1ccc(C(=O)C(OC)(OC)c2ccc(N(CC3CO3)CC3CO3)cc2)cc1. The summed E-state index contributed by atoms with van der Waals surface area (Å²) >= 11 is 0. The van der Waals surface area contributed by atoms with Crippen molar-refractivity contribution < 1.29 is 33.2 Å². The molecule has 0 saturated carbocycles. The zero-order chi connectivity index (χ0) is 25.8. The third-order valence-electron chi connectivity index (χ3n) is 6.91. The summed E-state index contributed by atoms with van der Waals surface area (Å²) in [5, 5.41) is 0. The Morgan fingerprint density at radius 1 is 0.811 bits per heavy atom. The van der Waals surface area contributed by atoms with E-state index in [4.69, 9.17) is 28.4 Å². The molecule has 2 aromatic carbocycles. The van der Waals surface area contributed by atoms with Gasteiger partial charge in [0, 0.05) is 63.0 Å². The number of carbonyl (C=O) groups excluding carboxylic acids is 1. The van der Waals surface area contributed by atoms with E-state index >= 15 is 0 Å². The van der Waals surface area contributed by atoms with E-state index in [-0.39, 0.29) is 24.1 Å². The Balaban J connectivity index is 1.33. The average molecular weight is 513 g/mol. The minimum absolute atomic E-state index is 0.226.